The molecule has 0 amide bonds. The molecule has 1 aromatic carbocycles. The van der Waals surface area contributed by atoms with Gasteiger partial charge in [0.25, 0.3) is 5.69 Å². The Bertz CT molecular complexity index is 557. The molecule has 0 aliphatic heterocycles. The fraction of sp³-hybridized carbons (Fsp3) is 0.250. The highest BCUT2D eigenvalue weighted by Crippen LogP contribution is 2.21. The molecule has 1 heterocycles. The molecule has 0 radical (unpaired) electrons. The Morgan fingerprint density at radius 1 is 1.42 bits per heavy atom. The van der Waals surface area contributed by atoms with Crippen LogP contribution < -0.4 is 5.32 Å². The predicted molar refractivity (Wildman–Crippen MR) is 74.7 cm³/mol. The number of hydrogen-bond donors (Lipinski definition) is 1. The normalized spacial score (nSPS) is 10.6. The molecule has 100 valence electrons. The second-order valence-corrected chi connectivity index (χ2v) is 4.94. The van der Waals surface area contributed by atoms with Gasteiger partial charge in [-0.3, -0.25) is 14.8 Å². The number of nitrogens with one attached hydrogen (secondary N) is 1. The summed E-state index contributed by atoms with van der Waals surface area (Å²) in [6, 6.07) is 6.81. The van der Waals surface area contributed by atoms with Gasteiger partial charge in [-0.1, -0.05) is 15.9 Å². The fourth-order valence-corrected chi connectivity index (χ4v) is 2.23. The number of nitro benzene ring substituents is 1. The number of nitrogens with zero attached hydrogens (tertiary/aromatic N) is 3. The van der Waals surface area contributed by atoms with Crippen LogP contribution in [0.2, 0.25) is 0 Å². The maximum atomic E-state index is 10.7. The molecule has 0 aliphatic rings. The van der Waals surface area contributed by atoms with E-state index in [1.807, 2.05) is 23.0 Å². The van der Waals surface area contributed by atoms with E-state index in [-0.39, 0.29) is 5.69 Å². The maximum Gasteiger partial charge on any atom is 0.270 e. The van der Waals surface area contributed by atoms with Gasteiger partial charge in [0.1, 0.15) is 0 Å². The molecule has 0 unspecified atom stereocenters. The van der Waals surface area contributed by atoms with Crippen molar-refractivity contribution < 1.29 is 4.92 Å². The van der Waals surface area contributed by atoms with E-state index >= 15 is 0 Å². The van der Waals surface area contributed by atoms with Crippen molar-refractivity contribution in [3.8, 4) is 0 Å². The number of halogens is 1. The summed E-state index contributed by atoms with van der Waals surface area (Å²) < 4.78 is 2.54. The molecule has 0 bridgehead atoms. The Morgan fingerprint density at radius 3 is 2.95 bits per heavy atom. The molecule has 0 spiro atoms. The van der Waals surface area contributed by atoms with Crippen molar-refractivity contribution in [2.75, 3.05) is 6.54 Å². The molecule has 0 aliphatic carbocycles. The molecule has 1 aromatic heterocycles. The minimum Gasteiger partial charge on any atom is -0.311 e. The number of benzene rings is 1. The first-order chi connectivity index (χ1) is 9.15. The van der Waals surface area contributed by atoms with Crippen molar-refractivity contribution in [2.24, 2.45) is 0 Å². The Hall–Kier alpha value is -1.73. The molecular formula is C12H13BrN4O2. The van der Waals surface area contributed by atoms with Crippen molar-refractivity contribution in [3.05, 3.63) is 56.8 Å². The van der Waals surface area contributed by atoms with Crippen LogP contribution in [-0.4, -0.2) is 21.2 Å². The quantitative estimate of drug-likeness (QED) is 0.503. The highest BCUT2D eigenvalue weighted by atomic mass is 79.9. The van der Waals surface area contributed by atoms with Gasteiger partial charge in [0.15, 0.2) is 0 Å². The van der Waals surface area contributed by atoms with E-state index in [2.05, 4.69) is 26.3 Å². The Labute approximate surface area is 118 Å². The minimum absolute atomic E-state index is 0.0956. The van der Waals surface area contributed by atoms with Gasteiger partial charge < -0.3 is 5.32 Å². The molecular weight excluding hydrogens is 312 g/mol. The first-order valence-electron chi connectivity index (χ1n) is 5.77. The van der Waals surface area contributed by atoms with E-state index in [1.54, 1.807) is 12.3 Å². The lowest BCUT2D eigenvalue weighted by atomic mass is 10.2. The summed E-state index contributed by atoms with van der Waals surface area (Å²) in [5, 5.41) is 18.1. The van der Waals surface area contributed by atoms with Crippen LogP contribution in [0.25, 0.3) is 0 Å². The minimum atomic E-state index is -0.391. The van der Waals surface area contributed by atoms with Crippen LogP contribution in [0.1, 0.15) is 5.56 Å². The molecule has 0 fully saturated rings. The lowest BCUT2D eigenvalue weighted by molar-refractivity contribution is -0.385. The molecule has 0 saturated heterocycles. The lowest BCUT2D eigenvalue weighted by Crippen LogP contribution is -2.19. The number of non-ortho nitro benzene ring substituents is 1. The van der Waals surface area contributed by atoms with Gasteiger partial charge in [0, 0.05) is 42.1 Å². The van der Waals surface area contributed by atoms with Gasteiger partial charge in [-0.25, -0.2) is 0 Å². The molecule has 19 heavy (non-hydrogen) atoms. The van der Waals surface area contributed by atoms with E-state index in [0.717, 1.165) is 18.7 Å². The van der Waals surface area contributed by atoms with Crippen LogP contribution in [0.3, 0.4) is 0 Å². The van der Waals surface area contributed by atoms with Gasteiger partial charge in [-0.15, -0.1) is 0 Å². The highest BCUT2D eigenvalue weighted by molar-refractivity contribution is 9.10. The summed E-state index contributed by atoms with van der Waals surface area (Å²) in [4.78, 5) is 10.4. The molecule has 0 atom stereocenters. The molecule has 2 rings (SSSR count). The largest absolute Gasteiger partial charge is 0.311 e. The summed E-state index contributed by atoms with van der Waals surface area (Å²) in [6.07, 6.45) is 3.63. The first kappa shape index (κ1) is 13.7. The first-order valence-corrected chi connectivity index (χ1v) is 6.56. The van der Waals surface area contributed by atoms with Gasteiger partial charge in [-0.05, 0) is 17.7 Å². The number of rotatable bonds is 6. The zero-order valence-corrected chi connectivity index (χ0v) is 11.7. The van der Waals surface area contributed by atoms with Crippen molar-refractivity contribution in [2.45, 2.75) is 13.1 Å². The molecule has 6 nitrogen and oxygen atoms in total. The van der Waals surface area contributed by atoms with Crippen LogP contribution in [0, 0.1) is 10.1 Å². The second kappa shape index (κ2) is 6.44. The van der Waals surface area contributed by atoms with E-state index in [4.69, 9.17) is 0 Å². The van der Waals surface area contributed by atoms with Gasteiger partial charge in [0.05, 0.1) is 11.5 Å². The van der Waals surface area contributed by atoms with E-state index in [9.17, 15) is 10.1 Å². The van der Waals surface area contributed by atoms with Crippen LogP contribution in [0.15, 0.2) is 41.1 Å². The topological polar surface area (TPSA) is 73.0 Å². The molecule has 0 saturated carbocycles. The zero-order chi connectivity index (χ0) is 13.7. The summed E-state index contributed by atoms with van der Waals surface area (Å²) >= 11 is 3.28. The molecule has 1 N–H and O–H groups in total. The van der Waals surface area contributed by atoms with Gasteiger partial charge in [-0.2, -0.15) is 5.10 Å². The summed E-state index contributed by atoms with van der Waals surface area (Å²) in [5.74, 6) is 0. The average Bonchev–Trinajstić information content (AvgIpc) is 2.87. The third kappa shape index (κ3) is 4.15. The molecule has 2 aromatic rings. The fourth-order valence-electron chi connectivity index (χ4n) is 1.70. The Balaban J connectivity index is 1.87. The van der Waals surface area contributed by atoms with Crippen LogP contribution >= 0.6 is 15.9 Å². The maximum absolute atomic E-state index is 10.7. The molecule has 7 heteroatoms. The van der Waals surface area contributed by atoms with Gasteiger partial charge >= 0.3 is 0 Å². The number of hydrogen-bond acceptors (Lipinski definition) is 4. The monoisotopic (exact) mass is 324 g/mol. The van der Waals surface area contributed by atoms with Crippen molar-refractivity contribution >= 4 is 21.6 Å². The third-order valence-corrected chi connectivity index (χ3v) is 3.02. The van der Waals surface area contributed by atoms with E-state index in [0.29, 0.717) is 11.0 Å². The summed E-state index contributed by atoms with van der Waals surface area (Å²) in [7, 11) is 0. The summed E-state index contributed by atoms with van der Waals surface area (Å²) in [6.45, 7) is 2.10. The Kier molecular flexibility index (Phi) is 4.64. The van der Waals surface area contributed by atoms with Gasteiger partial charge in [0.2, 0.25) is 0 Å². The van der Waals surface area contributed by atoms with Crippen molar-refractivity contribution in [1.82, 2.24) is 15.1 Å². The number of nitro groups is 1. The summed E-state index contributed by atoms with van der Waals surface area (Å²) in [5.41, 5.74) is 0.972. The number of aromatic nitrogens is 2. The van der Waals surface area contributed by atoms with Crippen LogP contribution in [-0.2, 0) is 13.1 Å². The van der Waals surface area contributed by atoms with Crippen LogP contribution in [0.5, 0.6) is 0 Å². The average molecular weight is 325 g/mol. The van der Waals surface area contributed by atoms with Crippen LogP contribution in [0.4, 0.5) is 5.69 Å². The van der Waals surface area contributed by atoms with E-state index < -0.39 is 4.92 Å². The highest BCUT2D eigenvalue weighted by Gasteiger charge is 2.08. The zero-order valence-electron chi connectivity index (χ0n) is 10.1. The standard InChI is InChI=1S/C12H13BrN4O2/c13-11-6-10(7-12(8-11)17(18)19)9-14-3-5-16-4-1-2-15-16/h1-2,4,6-8,14H,3,5,9H2. The SMILES string of the molecule is O=[N+]([O-])c1cc(Br)cc(CNCCn2cccn2)c1. The third-order valence-electron chi connectivity index (χ3n) is 2.56. The second-order valence-electron chi connectivity index (χ2n) is 4.02. The predicted octanol–water partition coefficient (Wildman–Crippen LogP) is 2.34. The smallest absolute Gasteiger partial charge is 0.270 e. The lowest BCUT2D eigenvalue weighted by Gasteiger charge is -2.06. The Morgan fingerprint density at radius 2 is 2.26 bits per heavy atom. The van der Waals surface area contributed by atoms with E-state index in [1.165, 1.54) is 6.07 Å². The van der Waals surface area contributed by atoms with Crippen molar-refractivity contribution in [3.63, 3.8) is 0 Å². The van der Waals surface area contributed by atoms with Crippen molar-refractivity contribution in [1.29, 1.82) is 0 Å².